The molecule has 4 nitrogen and oxygen atoms in total. The Morgan fingerprint density at radius 3 is 2.82 bits per heavy atom. The second-order valence-electron chi connectivity index (χ2n) is 4.51. The first-order valence-electron chi connectivity index (χ1n) is 5.79. The van der Waals surface area contributed by atoms with E-state index in [1.54, 1.807) is 0 Å². The molecule has 1 aliphatic rings. The van der Waals surface area contributed by atoms with Crippen molar-refractivity contribution >= 4 is 21.4 Å². The molecule has 0 bridgehead atoms. The molecule has 2 atom stereocenters. The van der Waals surface area contributed by atoms with Crippen LogP contribution in [0.1, 0.15) is 30.2 Å². The predicted octanol–water partition coefficient (Wildman–Crippen LogP) is 1.59. The molecule has 1 saturated carbocycles. The Morgan fingerprint density at radius 1 is 1.59 bits per heavy atom. The van der Waals surface area contributed by atoms with Gasteiger partial charge in [0.05, 0.1) is 0 Å². The fourth-order valence-electron chi connectivity index (χ4n) is 2.09. The number of thiophene rings is 1. The number of hydrogen-bond donors (Lipinski definition) is 2. The van der Waals surface area contributed by atoms with Crippen molar-refractivity contribution in [3.05, 3.63) is 15.8 Å². The largest absolute Gasteiger partial charge is 0.326 e. The van der Waals surface area contributed by atoms with Crippen LogP contribution in [0.5, 0.6) is 0 Å². The maximum absolute atomic E-state index is 12.2. The molecule has 0 saturated heterocycles. The molecule has 0 radical (unpaired) electrons. The molecule has 1 fully saturated rings. The predicted molar refractivity (Wildman–Crippen MR) is 69.5 cm³/mol. The van der Waals surface area contributed by atoms with Crippen LogP contribution in [-0.4, -0.2) is 14.5 Å². The van der Waals surface area contributed by atoms with Gasteiger partial charge in [0.2, 0.25) is 10.0 Å². The molecule has 1 aromatic rings. The van der Waals surface area contributed by atoms with Gasteiger partial charge in [-0.1, -0.05) is 13.3 Å². The Morgan fingerprint density at radius 2 is 2.29 bits per heavy atom. The van der Waals surface area contributed by atoms with Crippen molar-refractivity contribution in [3.63, 3.8) is 0 Å². The third-order valence-corrected chi connectivity index (χ3v) is 6.17. The van der Waals surface area contributed by atoms with Gasteiger partial charge in [0.25, 0.3) is 0 Å². The minimum Gasteiger partial charge on any atom is -0.326 e. The quantitative estimate of drug-likeness (QED) is 0.856. The minimum atomic E-state index is -3.39. The van der Waals surface area contributed by atoms with Gasteiger partial charge in [-0.3, -0.25) is 0 Å². The van der Waals surface area contributed by atoms with Crippen molar-refractivity contribution in [1.82, 2.24) is 4.72 Å². The smallest absolute Gasteiger partial charge is 0.242 e. The van der Waals surface area contributed by atoms with Crippen LogP contribution in [0.3, 0.4) is 0 Å². The number of nitrogens with one attached hydrogen (secondary N) is 1. The molecule has 1 aromatic heterocycles. The number of hydrogen-bond acceptors (Lipinski definition) is 4. The molecule has 2 rings (SSSR count). The van der Waals surface area contributed by atoms with Gasteiger partial charge in [-0.15, -0.1) is 11.3 Å². The fourth-order valence-corrected chi connectivity index (χ4v) is 5.11. The second-order valence-corrected chi connectivity index (χ2v) is 7.12. The lowest BCUT2D eigenvalue weighted by Gasteiger charge is -2.07. The first kappa shape index (κ1) is 13.0. The van der Waals surface area contributed by atoms with Gasteiger partial charge in [0.15, 0.2) is 0 Å². The number of rotatable bonds is 5. The first-order valence-corrected chi connectivity index (χ1v) is 8.15. The van der Waals surface area contributed by atoms with Gasteiger partial charge in [-0.25, -0.2) is 13.1 Å². The molecule has 0 amide bonds. The van der Waals surface area contributed by atoms with Crippen LogP contribution in [-0.2, 0) is 16.6 Å². The van der Waals surface area contributed by atoms with E-state index in [9.17, 15) is 8.42 Å². The fraction of sp³-hybridized carbons (Fsp3) is 0.636. The van der Waals surface area contributed by atoms with Crippen molar-refractivity contribution in [1.29, 1.82) is 0 Å². The van der Waals surface area contributed by atoms with E-state index in [1.807, 2.05) is 12.3 Å². The Hall–Kier alpha value is -0.430. The lowest BCUT2D eigenvalue weighted by atomic mass is 10.3. The van der Waals surface area contributed by atoms with Crippen LogP contribution in [0.2, 0.25) is 0 Å². The highest BCUT2D eigenvalue weighted by Gasteiger charge is 2.39. The maximum Gasteiger partial charge on any atom is 0.242 e. The highest BCUT2D eigenvalue weighted by molar-refractivity contribution is 7.89. The van der Waals surface area contributed by atoms with E-state index in [0.29, 0.717) is 10.8 Å². The highest BCUT2D eigenvalue weighted by Crippen LogP contribution is 2.35. The molecule has 0 aromatic carbocycles. The molecule has 3 N–H and O–H groups in total. The number of sulfonamides is 1. The lowest BCUT2D eigenvalue weighted by molar-refractivity contribution is 0.574. The third-order valence-electron chi connectivity index (χ3n) is 3.20. The van der Waals surface area contributed by atoms with Gasteiger partial charge >= 0.3 is 0 Å². The zero-order valence-corrected chi connectivity index (χ0v) is 11.7. The van der Waals surface area contributed by atoms with Crippen LogP contribution in [0.15, 0.2) is 10.3 Å². The summed E-state index contributed by atoms with van der Waals surface area (Å²) in [5.74, 6) is 0.505. The summed E-state index contributed by atoms with van der Waals surface area (Å²) < 4.78 is 27.3. The third kappa shape index (κ3) is 2.54. The zero-order chi connectivity index (χ0) is 12.6. The van der Waals surface area contributed by atoms with E-state index >= 15 is 0 Å². The van der Waals surface area contributed by atoms with Crippen LogP contribution in [0.25, 0.3) is 0 Å². The molecule has 6 heteroatoms. The summed E-state index contributed by atoms with van der Waals surface area (Å²) in [7, 11) is -3.39. The Kier molecular flexibility index (Phi) is 3.58. The molecule has 17 heavy (non-hydrogen) atoms. The van der Waals surface area contributed by atoms with Crippen LogP contribution < -0.4 is 10.5 Å². The van der Waals surface area contributed by atoms with Crippen molar-refractivity contribution < 1.29 is 8.42 Å². The summed E-state index contributed by atoms with van der Waals surface area (Å²) >= 11 is 1.41. The van der Waals surface area contributed by atoms with E-state index in [0.717, 1.165) is 23.3 Å². The first-order chi connectivity index (χ1) is 7.99. The van der Waals surface area contributed by atoms with Gasteiger partial charge in [0, 0.05) is 17.5 Å². The molecule has 1 aliphatic carbocycles. The highest BCUT2D eigenvalue weighted by atomic mass is 32.2. The van der Waals surface area contributed by atoms with Gasteiger partial charge in [-0.2, -0.15) is 0 Å². The van der Waals surface area contributed by atoms with Crippen molar-refractivity contribution in [2.75, 3.05) is 0 Å². The molecule has 1 heterocycles. The lowest BCUT2D eigenvalue weighted by Crippen LogP contribution is -2.28. The molecular formula is C11H18N2O2S2. The zero-order valence-electron chi connectivity index (χ0n) is 10.1. The van der Waals surface area contributed by atoms with E-state index in [4.69, 9.17) is 5.73 Å². The van der Waals surface area contributed by atoms with E-state index in [-0.39, 0.29) is 12.6 Å². The topological polar surface area (TPSA) is 72.2 Å². The van der Waals surface area contributed by atoms with Crippen LogP contribution in [0, 0.1) is 12.8 Å². The van der Waals surface area contributed by atoms with Gasteiger partial charge in [-0.05, 0) is 30.2 Å². The van der Waals surface area contributed by atoms with Gasteiger partial charge < -0.3 is 5.73 Å². The second kappa shape index (κ2) is 4.68. The SMILES string of the molecule is CCC1CC1NS(=O)(=O)c1c(C)csc1CN. The molecule has 96 valence electrons. The molecular weight excluding hydrogens is 256 g/mol. The molecule has 0 spiro atoms. The summed E-state index contributed by atoms with van der Waals surface area (Å²) in [4.78, 5) is 1.13. The minimum absolute atomic E-state index is 0.120. The molecule has 0 aliphatic heterocycles. The number of aryl methyl sites for hydroxylation is 1. The van der Waals surface area contributed by atoms with Crippen molar-refractivity contribution in [2.45, 2.75) is 44.2 Å². The van der Waals surface area contributed by atoms with E-state index < -0.39 is 10.0 Å². The Balaban J connectivity index is 2.23. The Bertz CT molecular complexity index is 508. The van der Waals surface area contributed by atoms with E-state index in [1.165, 1.54) is 11.3 Å². The monoisotopic (exact) mass is 274 g/mol. The van der Waals surface area contributed by atoms with Crippen molar-refractivity contribution in [3.8, 4) is 0 Å². The Labute approximate surface area is 106 Å². The normalized spacial score (nSPS) is 23.9. The summed E-state index contributed by atoms with van der Waals surface area (Å²) in [5, 5.41) is 1.85. The standard InChI is InChI=1S/C11H18N2O2S2/c1-3-8-4-9(8)13-17(14,15)11-7(2)6-16-10(11)5-12/h6,8-9,13H,3-5,12H2,1-2H3. The number of nitrogens with two attached hydrogens (primary N) is 1. The summed E-state index contributed by atoms with van der Waals surface area (Å²) in [6.45, 7) is 4.17. The summed E-state index contributed by atoms with van der Waals surface area (Å²) in [5.41, 5.74) is 6.37. The van der Waals surface area contributed by atoms with Gasteiger partial charge in [0.1, 0.15) is 4.90 Å². The van der Waals surface area contributed by atoms with Crippen molar-refractivity contribution in [2.24, 2.45) is 11.7 Å². The molecule has 2 unspecified atom stereocenters. The van der Waals surface area contributed by atoms with Crippen LogP contribution in [0.4, 0.5) is 0 Å². The summed E-state index contributed by atoms with van der Waals surface area (Å²) in [6, 6.07) is 0.120. The van der Waals surface area contributed by atoms with Crippen LogP contribution >= 0.6 is 11.3 Å². The maximum atomic E-state index is 12.2. The average molecular weight is 274 g/mol. The average Bonchev–Trinajstić information content (AvgIpc) is 2.88. The van der Waals surface area contributed by atoms with E-state index in [2.05, 4.69) is 11.6 Å². The summed E-state index contributed by atoms with van der Waals surface area (Å²) in [6.07, 6.45) is 1.98.